The molecule has 3 fully saturated rings. The van der Waals surface area contributed by atoms with Crippen molar-refractivity contribution in [1.29, 1.82) is 0 Å². The number of ether oxygens (including phenoxy) is 1. The van der Waals surface area contributed by atoms with E-state index < -0.39 is 12.3 Å². The van der Waals surface area contributed by atoms with E-state index in [1.54, 1.807) is 0 Å². The van der Waals surface area contributed by atoms with Gasteiger partial charge in [0, 0.05) is 31.5 Å². The van der Waals surface area contributed by atoms with Crippen LogP contribution in [0.3, 0.4) is 0 Å². The van der Waals surface area contributed by atoms with E-state index in [-0.39, 0.29) is 17.6 Å². The van der Waals surface area contributed by atoms with Crippen LogP contribution in [0.1, 0.15) is 19.0 Å². The molecule has 3 aromatic heterocycles. The predicted octanol–water partition coefficient (Wildman–Crippen LogP) is 3.16. The first-order valence-electron chi connectivity index (χ1n) is 9.67. The number of alkyl halides is 3. The Bertz CT molecular complexity index is 1060. The lowest BCUT2D eigenvalue weighted by Crippen LogP contribution is -2.61. The molecule has 3 aromatic rings. The first-order valence-corrected chi connectivity index (χ1v) is 10.4. The van der Waals surface area contributed by atoms with Gasteiger partial charge in [0.2, 0.25) is 11.6 Å². The Hall–Kier alpha value is -2.63. The standard InChI is InChI=1S/C18H20F3N7OS/c1-9-5-13(30-26-9)27-7-11-6-12(8-27)14(11)23-17-24-15-16(22-3-4-28(15)25-17)29-10(2)18(19,20)21/h3-5,10-12,14H,6-8H2,1-2H3,(H,23,25)/t10-,11-,12?,14?/m0/s1. The Balaban J connectivity index is 1.29. The van der Waals surface area contributed by atoms with E-state index in [0.29, 0.717) is 17.8 Å². The van der Waals surface area contributed by atoms with Gasteiger partial charge in [-0.25, -0.2) is 9.50 Å². The molecule has 5 heterocycles. The van der Waals surface area contributed by atoms with Crippen LogP contribution in [-0.2, 0) is 0 Å². The average Bonchev–Trinajstić information content (AvgIpc) is 3.32. The van der Waals surface area contributed by atoms with Gasteiger partial charge in [0.15, 0.2) is 6.10 Å². The van der Waals surface area contributed by atoms with Crippen molar-refractivity contribution in [1.82, 2.24) is 24.0 Å². The number of hydrogen-bond acceptors (Lipinski definition) is 8. The topological polar surface area (TPSA) is 80.5 Å². The highest BCUT2D eigenvalue weighted by molar-refractivity contribution is 7.10. The van der Waals surface area contributed by atoms with Gasteiger partial charge >= 0.3 is 6.18 Å². The quantitative estimate of drug-likeness (QED) is 0.654. The van der Waals surface area contributed by atoms with Gasteiger partial charge < -0.3 is 15.0 Å². The maximum absolute atomic E-state index is 12.8. The lowest BCUT2D eigenvalue weighted by Gasteiger charge is -2.53. The number of halogens is 3. The molecular weight excluding hydrogens is 419 g/mol. The number of aromatic nitrogens is 5. The maximum atomic E-state index is 12.8. The van der Waals surface area contributed by atoms with Crippen molar-refractivity contribution >= 4 is 28.1 Å². The molecule has 3 aliphatic rings. The Kier molecular flexibility index (Phi) is 4.49. The van der Waals surface area contributed by atoms with Gasteiger partial charge in [-0.15, -0.1) is 5.10 Å². The lowest BCUT2D eigenvalue weighted by molar-refractivity contribution is -0.189. The smallest absolute Gasteiger partial charge is 0.425 e. The van der Waals surface area contributed by atoms with Gasteiger partial charge in [0.05, 0.1) is 5.69 Å². The van der Waals surface area contributed by atoms with Crippen LogP contribution >= 0.6 is 11.5 Å². The summed E-state index contributed by atoms with van der Waals surface area (Å²) in [6.07, 6.45) is -2.46. The van der Waals surface area contributed by atoms with E-state index in [1.165, 1.54) is 33.4 Å². The van der Waals surface area contributed by atoms with Gasteiger partial charge in [0.25, 0.3) is 5.88 Å². The van der Waals surface area contributed by atoms with Crippen molar-refractivity contribution in [2.75, 3.05) is 23.3 Å². The minimum absolute atomic E-state index is 0.155. The van der Waals surface area contributed by atoms with Crippen LogP contribution in [-0.4, -0.2) is 55.4 Å². The van der Waals surface area contributed by atoms with Crippen LogP contribution in [0.25, 0.3) is 5.65 Å². The number of rotatable bonds is 5. The molecule has 2 aliphatic heterocycles. The third-order valence-electron chi connectivity index (χ3n) is 5.73. The van der Waals surface area contributed by atoms with Crippen LogP contribution in [0.2, 0.25) is 0 Å². The number of piperidine rings is 2. The molecule has 2 unspecified atom stereocenters. The Labute approximate surface area is 174 Å². The minimum Gasteiger partial charge on any atom is -0.462 e. The molecule has 4 atom stereocenters. The van der Waals surface area contributed by atoms with Gasteiger partial charge in [-0.2, -0.15) is 22.5 Å². The monoisotopic (exact) mass is 439 g/mol. The first kappa shape index (κ1) is 19.3. The largest absolute Gasteiger partial charge is 0.462 e. The summed E-state index contributed by atoms with van der Waals surface area (Å²) in [5.41, 5.74) is 1.19. The van der Waals surface area contributed by atoms with Gasteiger partial charge in [-0.1, -0.05) is 0 Å². The second kappa shape index (κ2) is 6.96. The lowest BCUT2D eigenvalue weighted by atomic mass is 9.66. The number of fused-ring (bicyclic) bond motifs is 3. The molecule has 0 amide bonds. The maximum Gasteiger partial charge on any atom is 0.425 e. The molecule has 2 bridgehead atoms. The van der Waals surface area contributed by atoms with Crippen molar-refractivity contribution < 1.29 is 17.9 Å². The highest BCUT2D eigenvalue weighted by atomic mass is 32.1. The second-order valence-electron chi connectivity index (χ2n) is 7.88. The van der Waals surface area contributed by atoms with Gasteiger partial charge in [-0.3, -0.25) is 0 Å². The van der Waals surface area contributed by atoms with Gasteiger partial charge in [0.1, 0.15) is 5.00 Å². The van der Waals surface area contributed by atoms with Crippen molar-refractivity contribution in [3.8, 4) is 5.88 Å². The zero-order valence-corrected chi connectivity index (χ0v) is 17.1. The number of anilines is 2. The fourth-order valence-electron chi connectivity index (χ4n) is 4.13. The third kappa shape index (κ3) is 3.42. The van der Waals surface area contributed by atoms with Crippen molar-refractivity contribution in [2.24, 2.45) is 11.8 Å². The normalized spacial score (nSPS) is 24.6. The highest BCUT2D eigenvalue weighted by Gasteiger charge is 2.47. The van der Waals surface area contributed by atoms with Crippen molar-refractivity contribution in [2.45, 2.75) is 38.6 Å². The number of nitrogens with zero attached hydrogens (tertiary/aromatic N) is 6. The second-order valence-corrected chi connectivity index (χ2v) is 8.66. The molecule has 1 N–H and O–H groups in total. The fraction of sp³-hybridized carbons (Fsp3) is 0.556. The summed E-state index contributed by atoms with van der Waals surface area (Å²) in [6, 6.07) is 2.34. The third-order valence-corrected chi connectivity index (χ3v) is 6.67. The zero-order valence-electron chi connectivity index (χ0n) is 16.3. The van der Waals surface area contributed by atoms with Crippen LogP contribution in [0.4, 0.5) is 24.1 Å². The van der Waals surface area contributed by atoms with E-state index in [2.05, 4.69) is 35.7 Å². The summed E-state index contributed by atoms with van der Waals surface area (Å²) >= 11 is 1.52. The van der Waals surface area contributed by atoms with E-state index >= 15 is 0 Å². The molecule has 0 spiro atoms. The Morgan fingerprint density at radius 2 is 2.07 bits per heavy atom. The average molecular weight is 439 g/mol. The molecule has 12 heteroatoms. The molecule has 0 aromatic carbocycles. The number of nitrogens with one attached hydrogen (secondary N) is 1. The van der Waals surface area contributed by atoms with E-state index in [0.717, 1.165) is 32.1 Å². The molecule has 30 heavy (non-hydrogen) atoms. The Morgan fingerprint density at radius 1 is 1.30 bits per heavy atom. The van der Waals surface area contributed by atoms with Gasteiger partial charge in [-0.05, 0) is 49.7 Å². The van der Waals surface area contributed by atoms with E-state index in [4.69, 9.17) is 4.74 Å². The number of aryl methyl sites for hydroxylation is 1. The molecular formula is C18H20F3N7OS. The number of hydrogen-bond donors (Lipinski definition) is 1. The summed E-state index contributed by atoms with van der Waals surface area (Å²) < 4.78 is 49.2. The fourth-order valence-corrected chi connectivity index (χ4v) is 4.90. The summed E-state index contributed by atoms with van der Waals surface area (Å²) in [7, 11) is 0. The molecule has 6 rings (SSSR count). The summed E-state index contributed by atoms with van der Waals surface area (Å²) in [6.45, 7) is 4.80. The summed E-state index contributed by atoms with van der Waals surface area (Å²) in [4.78, 5) is 10.6. The van der Waals surface area contributed by atoms with Crippen LogP contribution in [0.15, 0.2) is 18.5 Å². The van der Waals surface area contributed by atoms with Crippen LogP contribution in [0.5, 0.6) is 5.88 Å². The van der Waals surface area contributed by atoms with Crippen LogP contribution < -0.4 is 15.0 Å². The van der Waals surface area contributed by atoms with Crippen molar-refractivity contribution in [3.05, 3.63) is 24.2 Å². The minimum atomic E-state index is -4.48. The van der Waals surface area contributed by atoms with Crippen molar-refractivity contribution in [3.63, 3.8) is 0 Å². The molecule has 160 valence electrons. The van der Waals surface area contributed by atoms with Crippen LogP contribution in [0, 0.1) is 18.8 Å². The summed E-state index contributed by atoms with van der Waals surface area (Å²) in [5, 5.41) is 8.91. The predicted molar refractivity (Wildman–Crippen MR) is 105 cm³/mol. The summed E-state index contributed by atoms with van der Waals surface area (Å²) in [5.74, 6) is 1.09. The highest BCUT2D eigenvalue weighted by Crippen LogP contribution is 2.43. The molecule has 8 nitrogen and oxygen atoms in total. The van der Waals surface area contributed by atoms with E-state index in [9.17, 15) is 13.2 Å². The zero-order chi connectivity index (χ0) is 21.0. The SMILES string of the molecule is Cc1cc(N2CC3C[C@@H](C2)C3Nc2nc3c(O[C@@H](C)C(F)(F)F)nccn3n2)sn1. The molecule has 0 radical (unpaired) electrons. The molecule has 2 saturated heterocycles. The Morgan fingerprint density at radius 3 is 2.73 bits per heavy atom. The molecule has 1 aliphatic carbocycles. The first-order chi connectivity index (χ1) is 14.3. The van der Waals surface area contributed by atoms with E-state index in [1.807, 2.05) is 6.92 Å². The molecule has 1 saturated carbocycles.